The maximum absolute atomic E-state index is 5.71. The average molecular weight is 162 g/mol. The quantitative estimate of drug-likeness (QED) is 0.569. The highest BCUT2D eigenvalue weighted by Gasteiger charge is 2.26. The van der Waals surface area contributed by atoms with Crippen molar-refractivity contribution in [2.75, 3.05) is 0 Å². The predicted molar refractivity (Wildman–Crippen MR) is 49.1 cm³/mol. The largest absolute Gasteiger partial charge is 0.366 e. The van der Waals surface area contributed by atoms with Gasteiger partial charge in [0, 0.05) is 0 Å². The fourth-order valence-corrected chi connectivity index (χ4v) is 2.06. The molecule has 1 aromatic rings. The molecule has 2 unspecified atom stereocenters. The zero-order valence-electron chi connectivity index (χ0n) is 7.79. The number of hydrogen-bond donors (Lipinski definition) is 0. The Morgan fingerprint density at radius 3 is 2.58 bits per heavy atom. The van der Waals surface area contributed by atoms with E-state index in [0.29, 0.717) is 0 Å². The molecule has 1 aromatic carbocycles. The number of aryl methyl sites for hydroxylation is 1. The van der Waals surface area contributed by atoms with Crippen molar-refractivity contribution in [3.8, 4) is 0 Å². The van der Waals surface area contributed by atoms with Gasteiger partial charge in [-0.15, -0.1) is 0 Å². The van der Waals surface area contributed by atoms with Crippen LogP contribution in [0.2, 0.25) is 0 Å². The summed E-state index contributed by atoms with van der Waals surface area (Å²) in [6.07, 6.45) is 0.547. The van der Waals surface area contributed by atoms with Crippen molar-refractivity contribution in [2.45, 2.75) is 33.0 Å². The van der Waals surface area contributed by atoms with E-state index in [2.05, 4.69) is 39.0 Å². The fourth-order valence-electron chi connectivity index (χ4n) is 2.06. The van der Waals surface area contributed by atoms with Crippen LogP contribution >= 0.6 is 0 Å². The zero-order chi connectivity index (χ0) is 8.72. The molecule has 0 aliphatic carbocycles. The van der Waals surface area contributed by atoms with E-state index in [1.165, 1.54) is 16.7 Å². The maximum atomic E-state index is 5.71. The van der Waals surface area contributed by atoms with E-state index < -0.39 is 0 Å². The number of hydrogen-bond acceptors (Lipinski definition) is 1. The van der Waals surface area contributed by atoms with Crippen LogP contribution in [0.4, 0.5) is 0 Å². The first-order valence-electron chi connectivity index (χ1n) is 4.45. The first-order chi connectivity index (χ1) is 5.70. The standard InChI is InChI=1S/C11H14O/c1-7-5-4-6-10-8(2)12-9(3)11(7)10/h4-6,8-9H,1-3H3. The van der Waals surface area contributed by atoms with Crippen molar-refractivity contribution in [3.05, 3.63) is 34.9 Å². The van der Waals surface area contributed by atoms with Crippen LogP contribution < -0.4 is 0 Å². The lowest BCUT2D eigenvalue weighted by atomic mass is 9.98. The lowest BCUT2D eigenvalue weighted by molar-refractivity contribution is 0.0330. The molecule has 0 aromatic heterocycles. The summed E-state index contributed by atoms with van der Waals surface area (Å²) in [5.41, 5.74) is 4.11. The topological polar surface area (TPSA) is 9.23 Å². The predicted octanol–water partition coefficient (Wildman–Crippen LogP) is 3.15. The lowest BCUT2D eigenvalue weighted by Crippen LogP contribution is -1.91. The third-order valence-corrected chi connectivity index (χ3v) is 2.61. The molecule has 1 aliphatic heterocycles. The lowest BCUT2D eigenvalue weighted by Gasteiger charge is -2.05. The molecule has 0 saturated carbocycles. The molecular weight excluding hydrogens is 148 g/mol. The third-order valence-electron chi connectivity index (χ3n) is 2.61. The molecule has 0 fully saturated rings. The number of ether oxygens (including phenoxy) is 1. The summed E-state index contributed by atoms with van der Waals surface area (Å²) in [6, 6.07) is 6.42. The van der Waals surface area contributed by atoms with Gasteiger partial charge >= 0.3 is 0 Å². The van der Waals surface area contributed by atoms with Crippen molar-refractivity contribution < 1.29 is 4.74 Å². The normalized spacial score (nSPS) is 27.2. The minimum atomic E-state index is 0.273. The molecule has 1 nitrogen and oxygen atoms in total. The Bertz CT molecular complexity index is 304. The molecule has 1 aliphatic rings. The Labute approximate surface area is 73.4 Å². The maximum Gasteiger partial charge on any atom is 0.0811 e. The Morgan fingerprint density at radius 2 is 1.92 bits per heavy atom. The molecule has 12 heavy (non-hydrogen) atoms. The second kappa shape index (κ2) is 2.60. The zero-order valence-corrected chi connectivity index (χ0v) is 7.79. The highest BCUT2D eigenvalue weighted by molar-refractivity contribution is 5.39. The average Bonchev–Trinajstić information content (AvgIpc) is 2.29. The van der Waals surface area contributed by atoms with Gasteiger partial charge in [-0.3, -0.25) is 0 Å². The van der Waals surface area contributed by atoms with Crippen molar-refractivity contribution in [2.24, 2.45) is 0 Å². The second-order valence-electron chi connectivity index (χ2n) is 3.50. The van der Waals surface area contributed by atoms with E-state index in [0.717, 1.165) is 0 Å². The van der Waals surface area contributed by atoms with E-state index in [1.54, 1.807) is 0 Å². The van der Waals surface area contributed by atoms with Gasteiger partial charge < -0.3 is 4.74 Å². The Morgan fingerprint density at radius 1 is 1.17 bits per heavy atom. The van der Waals surface area contributed by atoms with Crippen molar-refractivity contribution in [1.82, 2.24) is 0 Å². The minimum absolute atomic E-state index is 0.273. The molecular formula is C11H14O. The van der Waals surface area contributed by atoms with Gasteiger partial charge in [0.15, 0.2) is 0 Å². The van der Waals surface area contributed by atoms with Gasteiger partial charge in [-0.05, 0) is 37.5 Å². The summed E-state index contributed by atoms with van der Waals surface area (Å²) < 4.78 is 5.71. The van der Waals surface area contributed by atoms with Crippen molar-refractivity contribution >= 4 is 0 Å². The summed E-state index contributed by atoms with van der Waals surface area (Å²) >= 11 is 0. The molecule has 0 radical (unpaired) electrons. The monoisotopic (exact) mass is 162 g/mol. The molecule has 0 saturated heterocycles. The molecule has 0 N–H and O–H groups in total. The second-order valence-corrected chi connectivity index (χ2v) is 3.50. The smallest absolute Gasteiger partial charge is 0.0811 e. The van der Waals surface area contributed by atoms with Crippen LogP contribution in [0.15, 0.2) is 18.2 Å². The third kappa shape index (κ3) is 0.969. The Hall–Kier alpha value is -0.820. The van der Waals surface area contributed by atoms with Gasteiger partial charge in [-0.1, -0.05) is 18.2 Å². The molecule has 0 spiro atoms. The summed E-state index contributed by atoms with van der Waals surface area (Å²) in [5, 5.41) is 0. The van der Waals surface area contributed by atoms with Crippen LogP contribution in [-0.2, 0) is 4.74 Å². The van der Waals surface area contributed by atoms with E-state index >= 15 is 0 Å². The van der Waals surface area contributed by atoms with Gasteiger partial charge in [0.05, 0.1) is 12.2 Å². The number of benzene rings is 1. The SMILES string of the molecule is Cc1cccc2c1C(C)OC2C. The molecule has 2 rings (SSSR count). The van der Waals surface area contributed by atoms with Crippen molar-refractivity contribution in [1.29, 1.82) is 0 Å². The highest BCUT2D eigenvalue weighted by atomic mass is 16.5. The fraction of sp³-hybridized carbons (Fsp3) is 0.455. The molecule has 1 heterocycles. The molecule has 1 heteroatoms. The van der Waals surface area contributed by atoms with E-state index in [1.807, 2.05) is 0 Å². The first kappa shape index (κ1) is 7.81. The molecule has 0 bridgehead atoms. The van der Waals surface area contributed by atoms with Crippen LogP contribution in [-0.4, -0.2) is 0 Å². The van der Waals surface area contributed by atoms with Crippen LogP contribution in [0.3, 0.4) is 0 Å². The molecule has 64 valence electrons. The van der Waals surface area contributed by atoms with E-state index in [4.69, 9.17) is 4.74 Å². The minimum Gasteiger partial charge on any atom is -0.366 e. The molecule has 0 amide bonds. The summed E-state index contributed by atoms with van der Waals surface area (Å²) in [5.74, 6) is 0. The van der Waals surface area contributed by atoms with Crippen LogP contribution in [0.5, 0.6) is 0 Å². The van der Waals surface area contributed by atoms with Crippen molar-refractivity contribution in [3.63, 3.8) is 0 Å². The van der Waals surface area contributed by atoms with Crippen LogP contribution in [0, 0.1) is 6.92 Å². The number of rotatable bonds is 0. The number of fused-ring (bicyclic) bond motifs is 1. The summed E-state index contributed by atoms with van der Waals surface area (Å²) in [6.45, 7) is 6.38. The van der Waals surface area contributed by atoms with Gasteiger partial charge in [0.1, 0.15) is 0 Å². The van der Waals surface area contributed by atoms with E-state index in [9.17, 15) is 0 Å². The molecule has 2 atom stereocenters. The van der Waals surface area contributed by atoms with Crippen LogP contribution in [0.1, 0.15) is 42.7 Å². The van der Waals surface area contributed by atoms with Gasteiger partial charge in [0.25, 0.3) is 0 Å². The summed E-state index contributed by atoms with van der Waals surface area (Å²) in [4.78, 5) is 0. The first-order valence-corrected chi connectivity index (χ1v) is 4.45. The highest BCUT2D eigenvalue weighted by Crippen LogP contribution is 2.39. The van der Waals surface area contributed by atoms with Gasteiger partial charge in [-0.2, -0.15) is 0 Å². The van der Waals surface area contributed by atoms with Crippen LogP contribution in [0.25, 0.3) is 0 Å². The summed E-state index contributed by atoms with van der Waals surface area (Å²) in [7, 11) is 0. The van der Waals surface area contributed by atoms with E-state index in [-0.39, 0.29) is 12.2 Å². The Kier molecular flexibility index (Phi) is 1.69. The Balaban J connectivity index is 2.59. The van der Waals surface area contributed by atoms with Gasteiger partial charge in [-0.25, -0.2) is 0 Å². The van der Waals surface area contributed by atoms with Gasteiger partial charge in [0.2, 0.25) is 0 Å².